The van der Waals surface area contributed by atoms with Crippen molar-refractivity contribution in [2.24, 2.45) is 0 Å². The Morgan fingerprint density at radius 2 is 2.06 bits per heavy atom. The minimum Gasteiger partial charge on any atom is -0.383 e. The van der Waals surface area contributed by atoms with Gasteiger partial charge in [0.2, 0.25) is 0 Å². The van der Waals surface area contributed by atoms with Gasteiger partial charge >= 0.3 is 0 Å². The average molecular weight is 227 g/mol. The second-order valence-electron chi connectivity index (χ2n) is 4.96. The third-order valence-electron chi connectivity index (χ3n) is 3.90. The van der Waals surface area contributed by atoms with Crippen LogP contribution in [-0.2, 0) is 4.74 Å². The molecule has 3 rings (SSSR count). The molecule has 0 aromatic rings. The maximum atomic E-state index is 5.21. The van der Waals surface area contributed by atoms with Crippen LogP contribution >= 0.6 is 0 Å². The number of hydrogen-bond acceptors (Lipinski definition) is 4. The molecule has 16 heavy (non-hydrogen) atoms. The number of methoxy groups -OCH3 is 1. The number of nitrogens with zero attached hydrogens (tertiary/aromatic N) is 2. The van der Waals surface area contributed by atoms with Crippen LogP contribution in [0.5, 0.6) is 0 Å². The molecule has 3 aliphatic rings. The van der Waals surface area contributed by atoms with Crippen LogP contribution in [0.2, 0.25) is 0 Å². The molecular formula is C12H25N3O. The van der Waals surface area contributed by atoms with Gasteiger partial charge in [-0.25, -0.2) is 0 Å². The smallest absolute Gasteiger partial charge is 0.0615 e. The summed E-state index contributed by atoms with van der Waals surface area (Å²) in [7, 11) is 1.78. The molecule has 0 aromatic carbocycles. The topological polar surface area (TPSA) is 27.7 Å². The molecule has 3 fully saturated rings. The quantitative estimate of drug-likeness (QED) is 0.691. The Morgan fingerprint density at radius 3 is 2.56 bits per heavy atom. The lowest BCUT2D eigenvalue weighted by Gasteiger charge is -2.47. The van der Waals surface area contributed by atoms with Gasteiger partial charge in [0.1, 0.15) is 0 Å². The van der Waals surface area contributed by atoms with Gasteiger partial charge in [-0.15, -0.1) is 0 Å². The van der Waals surface area contributed by atoms with Gasteiger partial charge < -0.3 is 10.1 Å². The summed E-state index contributed by atoms with van der Waals surface area (Å²) in [5, 5.41) is 3.63. The average Bonchev–Trinajstić information content (AvgIpc) is 2.36. The largest absolute Gasteiger partial charge is 0.383 e. The van der Waals surface area contributed by atoms with E-state index in [9.17, 15) is 0 Å². The van der Waals surface area contributed by atoms with Gasteiger partial charge in [-0.05, 0) is 6.42 Å². The van der Waals surface area contributed by atoms with Crippen LogP contribution in [0.1, 0.15) is 13.3 Å². The van der Waals surface area contributed by atoms with Crippen molar-refractivity contribution in [3.05, 3.63) is 0 Å². The van der Waals surface area contributed by atoms with Crippen LogP contribution < -0.4 is 5.32 Å². The Hall–Kier alpha value is -0.160. The van der Waals surface area contributed by atoms with E-state index in [0.29, 0.717) is 12.1 Å². The van der Waals surface area contributed by atoms with Crippen molar-refractivity contribution in [3.8, 4) is 0 Å². The van der Waals surface area contributed by atoms with Crippen molar-refractivity contribution in [2.75, 3.05) is 53.0 Å². The molecule has 0 saturated carbocycles. The molecule has 2 atom stereocenters. The molecule has 2 bridgehead atoms. The lowest BCUT2D eigenvalue weighted by atomic mass is 10.1. The fourth-order valence-corrected chi connectivity index (χ4v) is 2.74. The van der Waals surface area contributed by atoms with Crippen molar-refractivity contribution in [1.29, 1.82) is 0 Å². The van der Waals surface area contributed by atoms with Crippen LogP contribution in [0.3, 0.4) is 0 Å². The van der Waals surface area contributed by atoms with E-state index in [4.69, 9.17) is 4.74 Å². The normalized spacial score (nSPS) is 35.2. The van der Waals surface area contributed by atoms with Crippen molar-refractivity contribution < 1.29 is 4.74 Å². The fourth-order valence-electron chi connectivity index (χ4n) is 2.74. The summed E-state index contributed by atoms with van der Waals surface area (Å²) in [6, 6.07) is 1.23. The van der Waals surface area contributed by atoms with E-state index in [1.54, 1.807) is 7.11 Å². The second-order valence-corrected chi connectivity index (χ2v) is 4.96. The van der Waals surface area contributed by atoms with Crippen molar-refractivity contribution in [2.45, 2.75) is 25.4 Å². The summed E-state index contributed by atoms with van der Waals surface area (Å²) >= 11 is 0. The zero-order valence-electron chi connectivity index (χ0n) is 10.6. The number of ether oxygens (including phenoxy) is 1. The maximum absolute atomic E-state index is 5.21. The summed E-state index contributed by atoms with van der Waals surface area (Å²) < 4.78 is 5.21. The molecule has 0 spiro atoms. The predicted octanol–water partition coefficient (Wildman–Crippen LogP) is 0.000800. The highest BCUT2D eigenvalue weighted by Gasteiger charge is 2.31. The SMILES string of the molecule is CCC(COC)NCC1CN2CCN1CC2. The van der Waals surface area contributed by atoms with Gasteiger partial charge in [-0.2, -0.15) is 0 Å². The first kappa shape index (κ1) is 12.3. The van der Waals surface area contributed by atoms with E-state index in [-0.39, 0.29) is 0 Å². The van der Waals surface area contributed by atoms with E-state index in [1.165, 1.54) is 32.7 Å². The van der Waals surface area contributed by atoms with Crippen LogP contribution in [-0.4, -0.2) is 74.9 Å². The third-order valence-corrected chi connectivity index (χ3v) is 3.90. The van der Waals surface area contributed by atoms with E-state index >= 15 is 0 Å². The first-order valence-corrected chi connectivity index (χ1v) is 6.52. The maximum Gasteiger partial charge on any atom is 0.0615 e. The van der Waals surface area contributed by atoms with E-state index in [1.807, 2.05) is 0 Å². The summed E-state index contributed by atoms with van der Waals surface area (Å²) in [4.78, 5) is 5.22. The van der Waals surface area contributed by atoms with Gasteiger partial charge in [-0.1, -0.05) is 6.92 Å². The third kappa shape index (κ3) is 2.94. The summed E-state index contributed by atoms with van der Waals surface area (Å²) in [5.74, 6) is 0. The molecule has 0 aliphatic carbocycles. The first-order chi connectivity index (χ1) is 7.83. The highest BCUT2D eigenvalue weighted by molar-refractivity contribution is 4.89. The van der Waals surface area contributed by atoms with Gasteiger partial charge in [0.05, 0.1) is 6.61 Å². The first-order valence-electron chi connectivity index (χ1n) is 6.52. The zero-order chi connectivity index (χ0) is 11.4. The molecule has 4 nitrogen and oxygen atoms in total. The molecule has 3 saturated heterocycles. The molecule has 94 valence electrons. The molecule has 0 aromatic heterocycles. The van der Waals surface area contributed by atoms with E-state index in [0.717, 1.165) is 19.6 Å². The lowest BCUT2D eigenvalue weighted by molar-refractivity contribution is 0.0114. The molecule has 2 unspecified atom stereocenters. The molecule has 3 heterocycles. The van der Waals surface area contributed by atoms with Crippen molar-refractivity contribution >= 4 is 0 Å². The standard InChI is InChI=1S/C12H25N3O/c1-3-11(10-16-2)13-8-12-9-14-4-6-15(12)7-5-14/h11-13H,3-10H2,1-2H3. The van der Waals surface area contributed by atoms with E-state index in [2.05, 4.69) is 22.0 Å². The van der Waals surface area contributed by atoms with Crippen LogP contribution in [0.25, 0.3) is 0 Å². The molecule has 3 aliphatic heterocycles. The summed E-state index contributed by atoms with van der Waals surface area (Å²) in [6.45, 7) is 10.5. The molecule has 1 N–H and O–H groups in total. The number of rotatable bonds is 6. The Bertz CT molecular complexity index is 204. The minimum absolute atomic E-state index is 0.515. The van der Waals surface area contributed by atoms with Gasteiger partial charge in [0, 0.05) is 58.5 Å². The van der Waals surface area contributed by atoms with Gasteiger partial charge in [0.15, 0.2) is 0 Å². The number of nitrogens with one attached hydrogen (secondary N) is 1. The molecule has 4 heteroatoms. The number of fused-ring (bicyclic) bond motifs is 3. The monoisotopic (exact) mass is 227 g/mol. The highest BCUT2D eigenvalue weighted by Crippen LogP contribution is 2.14. The Labute approximate surface area is 98.9 Å². The van der Waals surface area contributed by atoms with Gasteiger partial charge in [-0.3, -0.25) is 9.80 Å². The number of hydrogen-bond donors (Lipinski definition) is 1. The lowest BCUT2D eigenvalue weighted by Crippen LogP contribution is -2.63. The molecule has 0 amide bonds. The van der Waals surface area contributed by atoms with E-state index < -0.39 is 0 Å². The van der Waals surface area contributed by atoms with Gasteiger partial charge in [0.25, 0.3) is 0 Å². The fraction of sp³-hybridized carbons (Fsp3) is 1.00. The Balaban J connectivity index is 1.73. The summed E-state index contributed by atoms with van der Waals surface area (Å²) in [5.41, 5.74) is 0. The second kappa shape index (κ2) is 5.96. The molecular weight excluding hydrogens is 202 g/mol. The van der Waals surface area contributed by atoms with Crippen LogP contribution in [0, 0.1) is 0 Å². The number of piperazine rings is 3. The Morgan fingerprint density at radius 1 is 1.31 bits per heavy atom. The Kier molecular flexibility index (Phi) is 4.58. The summed E-state index contributed by atoms with van der Waals surface area (Å²) in [6.07, 6.45) is 1.14. The highest BCUT2D eigenvalue weighted by atomic mass is 16.5. The zero-order valence-corrected chi connectivity index (χ0v) is 10.6. The van der Waals surface area contributed by atoms with Crippen LogP contribution in [0.15, 0.2) is 0 Å². The minimum atomic E-state index is 0.515. The van der Waals surface area contributed by atoms with Crippen molar-refractivity contribution in [1.82, 2.24) is 15.1 Å². The van der Waals surface area contributed by atoms with Crippen LogP contribution in [0.4, 0.5) is 0 Å². The predicted molar refractivity (Wildman–Crippen MR) is 65.8 cm³/mol. The molecule has 0 radical (unpaired) electrons. The van der Waals surface area contributed by atoms with Crippen molar-refractivity contribution in [3.63, 3.8) is 0 Å².